The second-order valence-corrected chi connectivity index (χ2v) is 9.28. The first kappa shape index (κ1) is 21.9. The fraction of sp³-hybridized carbons (Fsp3) is 0.250. The summed E-state index contributed by atoms with van der Waals surface area (Å²) in [4.78, 5) is 29.7. The maximum Gasteiger partial charge on any atom is 0.301 e. The lowest BCUT2D eigenvalue weighted by Gasteiger charge is -2.23. The first-order chi connectivity index (χ1) is 16.3. The van der Waals surface area contributed by atoms with Crippen LogP contribution in [-0.2, 0) is 9.59 Å². The van der Waals surface area contributed by atoms with Gasteiger partial charge in [-0.05, 0) is 42.8 Å². The molecule has 5 rings (SSSR count). The lowest BCUT2D eigenvalue weighted by molar-refractivity contribution is -0.132. The summed E-state index contributed by atoms with van der Waals surface area (Å²) in [6.45, 7) is 2.59. The number of hydrogen-bond acceptors (Lipinski definition) is 9. The Morgan fingerprint density at radius 2 is 1.76 bits per heavy atom. The summed E-state index contributed by atoms with van der Waals surface area (Å²) in [5.74, 6) is -0.820. The van der Waals surface area contributed by atoms with Gasteiger partial charge in [0, 0.05) is 25.3 Å². The molecule has 3 heterocycles. The van der Waals surface area contributed by atoms with Gasteiger partial charge in [-0.3, -0.25) is 14.5 Å². The molecule has 10 heteroatoms. The molecule has 0 spiro atoms. The summed E-state index contributed by atoms with van der Waals surface area (Å²) in [6, 6.07) is 11.5. The summed E-state index contributed by atoms with van der Waals surface area (Å²) in [7, 11) is 3.85. The smallest absolute Gasteiger partial charge is 0.301 e. The number of ether oxygens (including phenoxy) is 2. The predicted octanol–water partition coefficient (Wildman–Crippen LogP) is 3.31. The molecule has 3 aromatic rings. The van der Waals surface area contributed by atoms with Gasteiger partial charge in [0.25, 0.3) is 5.78 Å². The van der Waals surface area contributed by atoms with Gasteiger partial charge in [0.15, 0.2) is 11.5 Å². The number of aliphatic hydroxyl groups excluding tert-OH is 1. The fourth-order valence-corrected chi connectivity index (χ4v) is 4.74. The number of aromatic nitrogens is 2. The zero-order valence-corrected chi connectivity index (χ0v) is 19.6. The number of carbonyl (C=O) groups is 2. The van der Waals surface area contributed by atoms with Crippen molar-refractivity contribution in [1.82, 2.24) is 10.2 Å². The Hall–Kier alpha value is -3.92. The normalized spacial score (nSPS) is 18.9. The van der Waals surface area contributed by atoms with Gasteiger partial charge in [-0.25, -0.2) is 0 Å². The lowest BCUT2D eigenvalue weighted by Crippen LogP contribution is -2.29. The summed E-state index contributed by atoms with van der Waals surface area (Å²) < 4.78 is 11.2. The van der Waals surface area contributed by atoms with Crippen LogP contribution in [0.15, 0.2) is 48.0 Å². The van der Waals surface area contributed by atoms with Gasteiger partial charge in [-0.1, -0.05) is 23.5 Å². The largest absolute Gasteiger partial charge is 0.507 e. The topological polar surface area (TPSA) is 105 Å². The number of nitrogens with zero attached hydrogens (tertiary/aromatic N) is 4. The molecule has 1 fully saturated rings. The van der Waals surface area contributed by atoms with Gasteiger partial charge in [0.2, 0.25) is 5.13 Å². The van der Waals surface area contributed by atoms with Crippen molar-refractivity contribution >= 4 is 39.6 Å². The van der Waals surface area contributed by atoms with Crippen molar-refractivity contribution in [2.24, 2.45) is 0 Å². The Kier molecular flexibility index (Phi) is 5.45. The fourth-order valence-electron chi connectivity index (χ4n) is 4.03. The number of fused-ring (bicyclic) bond motifs is 1. The molecule has 1 N–H and O–H groups in total. The van der Waals surface area contributed by atoms with Crippen LogP contribution >= 0.6 is 11.3 Å². The van der Waals surface area contributed by atoms with E-state index in [-0.39, 0.29) is 11.3 Å². The summed E-state index contributed by atoms with van der Waals surface area (Å²) in [6.07, 6.45) is 0. The minimum absolute atomic E-state index is 0.0212. The second kappa shape index (κ2) is 8.45. The van der Waals surface area contributed by atoms with E-state index in [4.69, 9.17) is 9.47 Å². The molecule has 2 aromatic carbocycles. The molecule has 1 aromatic heterocycles. The van der Waals surface area contributed by atoms with Gasteiger partial charge >= 0.3 is 5.91 Å². The molecule has 0 aliphatic carbocycles. The van der Waals surface area contributed by atoms with E-state index in [2.05, 4.69) is 10.2 Å². The van der Waals surface area contributed by atoms with Crippen LogP contribution in [0, 0.1) is 6.92 Å². The van der Waals surface area contributed by atoms with Crippen molar-refractivity contribution < 1.29 is 24.2 Å². The van der Waals surface area contributed by atoms with E-state index in [1.54, 1.807) is 25.1 Å². The van der Waals surface area contributed by atoms with E-state index in [9.17, 15) is 14.7 Å². The minimum Gasteiger partial charge on any atom is -0.507 e. The number of benzene rings is 2. The summed E-state index contributed by atoms with van der Waals surface area (Å²) in [5.41, 5.74) is 1.95. The van der Waals surface area contributed by atoms with Gasteiger partial charge in [0.05, 0.1) is 11.6 Å². The minimum atomic E-state index is -0.864. The Morgan fingerprint density at radius 3 is 2.41 bits per heavy atom. The van der Waals surface area contributed by atoms with Gasteiger partial charge < -0.3 is 19.5 Å². The number of aliphatic hydroxyl groups is 1. The van der Waals surface area contributed by atoms with Crippen LogP contribution < -0.4 is 19.3 Å². The highest BCUT2D eigenvalue weighted by atomic mass is 32.1. The Labute approximate surface area is 199 Å². The third-order valence-corrected chi connectivity index (χ3v) is 6.54. The molecular weight excluding hydrogens is 456 g/mol. The number of anilines is 2. The number of aryl methyl sites for hydroxylation is 1. The predicted molar refractivity (Wildman–Crippen MR) is 128 cm³/mol. The van der Waals surface area contributed by atoms with Gasteiger partial charge in [0.1, 0.15) is 24.0 Å². The molecule has 2 aliphatic rings. The van der Waals surface area contributed by atoms with Crippen molar-refractivity contribution in [3.63, 3.8) is 0 Å². The number of amides is 1. The molecular formula is C24H22N4O5S. The maximum absolute atomic E-state index is 13.2. The molecule has 1 amide bonds. The van der Waals surface area contributed by atoms with Gasteiger partial charge in [-0.2, -0.15) is 0 Å². The number of ketones is 1. The Morgan fingerprint density at radius 1 is 1.06 bits per heavy atom. The Bertz CT molecular complexity index is 1320. The van der Waals surface area contributed by atoms with Crippen molar-refractivity contribution in [2.75, 3.05) is 37.1 Å². The monoisotopic (exact) mass is 478 g/mol. The van der Waals surface area contributed by atoms with Crippen LogP contribution in [0.2, 0.25) is 0 Å². The molecule has 9 nitrogen and oxygen atoms in total. The summed E-state index contributed by atoms with van der Waals surface area (Å²) >= 11 is 1.21. The zero-order chi connectivity index (χ0) is 24.0. The summed E-state index contributed by atoms with van der Waals surface area (Å²) in [5, 5.41) is 20.4. The molecule has 0 saturated carbocycles. The van der Waals surface area contributed by atoms with Crippen LogP contribution in [0.25, 0.3) is 5.76 Å². The van der Waals surface area contributed by atoms with Crippen LogP contribution in [0.4, 0.5) is 10.8 Å². The molecule has 0 radical (unpaired) electrons. The lowest BCUT2D eigenvalue weighted by atomic mass is 9.95. The van der Waals surface area contributed by atoms with Gasteiger partial charge in [-0.15, -0.1) is 10.2 Å². The first-order valence-electron chi connectivity index (χ1n) is 10.6. The van der Waals surface area contributed by atoms with E-state index < -0.39 is 17.7 Å². The SMILES string of the molecule is Cc1nnc(N2C(=O)C(=O)/C(=C(/O)c3ccc4c(c3)OCCO4)C2c2ccc(N(C)C)cc2)s1. The molecule has 34 heavy (non-hydrogen) atoms. The average molecular weight is 479 g/mol. The van der Waals surface area contributed by atoms with Crippen molar-refractivity contribution in [1.29, 1.82) is 0 Å². The number of hydrogen-bond donors (Lipinski definition) is 1. The highest BCUT2D eigenvalue weighted by Crippen LogP contribution is 2.44. The zero-order valence-electron chi connectivity index (χ0n) is 18.8. The number of carbonyl (C=O) groups excluding carboxylic acids is 2. The molecule has 2 aliphatic heterocycles. The van der Waals surface area contributed by atoms with E-state index in [0.29, 0.717) is 46.0 Å². The third kappa shape index (κ3) is 3.65. The highest BCUT2D eigenvalue weighted by Gasteiger charge is 2.48. The molecule has 0 bridgehead atoms. The average Bonchev–Trinajstić information content (AvgIpc) is 3.38. The number of Topliss-reactive ketones (excluding diaryl/α,β-unsaturated/α-hetero) is 1. The first-order valence-corrected chi connectivity index (χ1v) is 11.4. The van der Waals surface area contributed by atoms with E-state index in [0.717, 1.165) is 5.69 Å². The maximum atomic E-state index is 13.2. The standard InChI is InChI=1S/C24H22N4O5S/c1-13-25-26-24(34-13)28-20(14-4-7-16(8-5-14)27(2)3)19(22(30)23(28)31)21(29)15-6-9-17-18(12-15)33-11-10-32-17/h4-9,12,20,29H,10-11H2,1-3H3/b21-19+. The van der Waals surface area contributed by atoms with E-state index >= 15 is 0 Å². The molecule has 174 valence electrons. The van der Waals surface area contributed by atoms with E-state index in [1.165, 1.54) is 16.2 Å². The third-order valence-electron chi connectivity index (χ3n) is 5.71. The number of rotatable bonds is 4. The molecule has 1 atom stereocenters. The second-order valence-electron chi connectivity index (χ2n) is 8.12. The van der Waals surface area contributed by atoms with Crippen molar-refractivity contribution in [3.8, 4) is 11.5 Å². The Balaban J connectivity index is 1.67. The quantitative estimate of drug-likeness (QED) is 0.346. The molecule has 1 unspecified atom stereocenters. The van der Waals surface area contributed by atoms with Crippen LogP contribution in [0.1, 0.15) is 22.2 Å². The highest BCUT2D eigenvalue weighted by molar-refractivity contribution is 7.15. The van der Waals surface area contributed by atoms with E-state index in [1.807, 2.05) is 43.3 Å². The van der Waals surface area contributed by atoms with Crippen molar-refractivity contribution in [2.45, 2.75) is 13.0 Å². The van der Waals surface area contributed by atoms with Crippen molar-refractivity contribution in [3.05, 3.63) is 64.2 Å². The molecule has 1 saturated heterocycles. The van der Waals surface area contributed by atoms with Crippen LogP contribution in [-0.4, -0.2) is 54.3 Å². The van der Waals surface area contributed by atoms with Crippen LogP contribution in [0.3, 0.4) is 0 Å². The van der Waals surface area contributed by atoms with Crippen LogP contribution in [0.5, 0.6) is 11.5 Å².